The lowest BCUT2D eigenvalue weighted by Crippen LogP contribution is -2.30. The molecule has 1 amide bonds. The van der Waals surface area contributed by atoms with Crippen LogP contribution in [0.3, 0.4) is 0 Å². The number of methoxy groups -OCH3 is 1. The van der Waals surface area contributed by atoms with Crippen molar-refractivity contribution in [2.24, 2.45) is 0 Å². The molecule has 0 spiro atoms. The highest BCUT2D eigenvalue weighted by atomic mass is 32.2. The molecule has 0 radical (unpaired) electrons. The monoisotopic (exact) mass is 388 g/mol. The average Bonchev–Trinajstić information content (AvgIpc) is 3.11. The van der Waals surface area contributed by atoms with Gasteiger partial charge in [0.1, 0.15) is 0 Å². The van der Waals surface area contributed by atoms with Crippen molar-refractivity contribution in [1.29, 1.82) is 0 Å². The van der Waals surface area contributed by atoms with Gasteiger partial charge in [-0.05, 0) is 49.2 Å². The fourth-order valence-electron chi connectivity index (χ4n) is 3.03. The van der Waals surface area contributed by atoms with Crippen molar-refractivity contribution in [3.63, 3.8) is 0 Å². The molecule has 8 heteroatoms. The van der Waals surface area contributed by atoms with Crippen LogP contribution in [0.4, 0.5) is 11.4 Å². The number of fused-ring (bicyclic) bond motifs is 1. The third-order valence-electron chi connectivity index (χ3n) is 4.48. The predicted molar refractivity (Wildman–Crippen MR) is 103 cm³/mol. The van der Waals surface area contributed by atoms with Gasteiger partial charge < -0.3 is 10.1 Å². The molecule has 0 aliphatic carbocycles. The molecule has 1 N–H and O–H groups in total. The van der Waals surface area contributed by atoms with Gasteiger partial charge in [0.2, 0.25) is 10.0 Å². The molecule has 0 aromatic heterocycles. The van der Waals surface area contributed by atoms with Crippen molar-refractivity contribution >= 4 is 33.3 Å². The number of nitrogens with zero attached hydrogens (tertiary/aromatic N) is 1. The van der Waals surface area contributed by atoms with Crippen molar-refractivity contribution in [3.05, 3.63) is 59.2 Å². The van der Waals surface area contributed by atoms with Crippen molar-refractivity contribution in [2.75, 3.05) is 29.0 Å². The van der Waals surface area contributed by atoms with E-state index in [1.165, 1.54) is 11.4 Å². The summed E-state index contributed by atoms with van der Waals surface area (Å²) >= 11 is 0. The van der Waals surface area contributed by atoms with E-state index < -0.39 is 16.0 Å². The number of hydrogen-bond acceptors (Lipinski definition) is 5. The van der Waals surface area contributed by atoms with Crippen LogP contribution >= 0.6 is 0 Å². The maximum absolute atomic E-state index is 12.6. The highest BCUT2D eigenvalue weighted by Crippen LogP contribution is 2.31. The van der Waals surface area contributed by atoms with Gasteiger partial charge in [-0.15, -0.1) is 0 Å². The van der Waals surface area contributed by atoms with Gasteiger partial charge in [-0.3, -0.25) is 9.10 Å². The van der Waals surface area contributed by atoms with E-state index in [2.05, 4.69) is 5.32 Å². The predicted octanol–water partition coefficient (Wildman–Crippen LogP) is 2.44. The second kappa shape index (κ2) is 7.40. The number of esters is 1. The molecular formula is C19H20N2O5S. The Morgan fingerprint density at radius 1 is 1.19 bits per heavy atom. The Labute approximate surface area is 158 Å². The van der Waals surface area contributed by atoms with Crippen molar-refractivity contribution < 1.29 is 22.7 Å². The minimum atomic E-state index is -3.33. The number of ether oxygens (including phenoxy) is 1. The molecule has 1 aliphatic heterocycles. The Morgan fingerprint density at radius 3 is 2.63 bits per heavy atom. The standard InChI is InChI=1S/C19H20N2O5S/c1-3-27(24,25)21-11-10-13-12-14(8-9-17(13)21)18(22)20-16-7-5-4-6-15(16)19(23)26-2/h4-9,12H,3,10-11H2,1-2H3,(H,20,22). The second-order valence-corrected chi connectivity index (χ2v) is 8.24. The largest absolute Gasteiger partial charge is 0.465 e. The summed E-state index contributed by atoms with van der Waals surface area (Å²) in [5.41, 5.74) is 2.42. The summed E-state index contributed by atoms with van der Waals surface area (Å²) in [6.07, 6.45) is 0.550. The van der Waals surface area contributed by atoms with Crippen LogP contribution in [-0.4, -0.2) is 39.7 Å². The van der Waals surface area contributed by atoms with E-state index in [-0.39, 0.29) is 17.2 Å². The van der Waals surface area contributed by atoms with Gasteiger partial charge in [-0.1, -0.05) is 12.1 Å². The van der Waals surface area contributed by atoms with Crippen LogP contribution in [0, 0.1) is 0 Å². The lowest BCUT2D eigenvalue weighted by atomic mass is 10.1. The molecule has 3 rings (SSSR count). The lowest BCUT2D eigenvalue weighted by molar-refractivity contribution is 0.0602. The maximum Gasteiger partial charge on any atom is 0.339 e. The SMILES string of the molecule is CCS(=O)(=O)N1CCc2cc(C(=O)Nc3ccccc3C(=O)OC)ccc21. The van der Waals surface area contributed by atoms with Gasteiger partial charge in [0.15, 0.2) is 0 Å². The van der Waals surface area contributed by atoms with Gasteiger partial charge in [0.25, 0.3) is 5.91 Å². The van der Waals surface area contributed by atoms with Crippen molar-refractivity contribution in [1.82, 2.24) is 0 Å². The van der Waals surface area contributed by atoms with E-state index in [1.54, 1.807) is 49.4 Å². The molecule has 1 heterocycles. The molecule has 0 saturated carbocycles. The summed E-state index contributed by atoms with van der Waals surface area (Å²) in [5, 5.41) is 2.71. The van der Waals surface area contributed by atoms with E-state index in [0.29, 0.717) is 29.9 Å². The van der Waals surface area contributed by atoms with Crippen LogP contribution in [0.25, 0.3) is 0 Å². The number of rotatable bonds is 5. The molecule has 0 fully saturated rings. The third kappa shape index (κ3) is 3.66. The van der Waals surface area contributed by atoms with Gasteiger partial charge in [-0.2, -0.15) is 0 Å². The summed E-state index contributed by atoms with van der Waals surface area (Å²) in [5.74, 6) is -0.898. The topological polar surface area (TPSA) is 92.8 Å². The molecule has 27 heavy (non-hydrogen) atoms. The fourth-order valence-corrected chi connectivity index (χ4v) is 4.19. The number of anilines is 2. The van der Waals surface area contributed by atoms with Crippen LogP contribution in [-0.2, 0) is 21.2 Å². The fraction of sp³-hybridized carbons (Fsp3) is 0.263. The van der Waals surface area contributed by atoms with E-state index >= 15 is 0 Å². The van der Waals surface area contributed by atoms with Crippen LogP contribution < -0.4 is 9.62 Å². The van der Waals surface area contributed by atoms with Crippen LogP contribution in [0.5, 0.6) is 0 Å². The van der Waals surface area contributed by atoms with Crippen molar-refractivity contribution in [2.45, 2.75) is 13.3 Å². The van der Waals surface area contributed by atoms with Gasteiger partial charge in [0.05, 0.1) is 29.8 Å². The van der Waals surface area contributed by atoms with E-state index in [1.807, 2.05) is 0 Å². The molecule has 142 valence electrons. The first-order chi connectivity index (χ1) is 12.9. The normalized spacial score (nSPS) is 13.2. The van der Waals surface area contributed by atoms with Crippen LogP contribution in [0.15, 0.2) is 42.5 Å². The molecule has 1 aliphatic rings. The van der Waals surface area contributed by atoms with E-state index in [9.17, 15) is 18.0 Å². The quantitative estimate of drug-likeness (QED) is 0.794. The Morgan fingerprint density at radius 2 is 1.93 bits per heavy atom. The first-order valence-corrected chi connectivity index (χ1v) is 10.1. The molecule has 0 saturated heterocycles. The molecule has 2 aromatic rings. The number of amides is 1. The lowest BCUT2D eigenvalue weighted by Gasteiger charge is -2.18. The minimum absolute atomic E-state index is 0.0268. The maximum atomic E-state index is 12.6. The molecule has 0 atom stereocenters. The highest BCUT2D eigenvalue weighted by Gasteiger charge is 2.28. The van der Waals surface area contributed by atoms with E-state index in [4.69, 9.17) is 4.74 Å². The number of benzene rings is 2. The number of carbonyl (C=O) groups is 2. The summed E-state index contributed by atoms with van der Waals surface area (Å²) in [4.78, 5) is 24.4. The average molecular weight is 388 g/mol. The number of carbonyl (C=O) groups excluding carboxylic acids is 2. The first kappa shape index (κ1) is 18.9. The summed E-state index contributed by atoms with van der Waals surface area (Å²) < 4.78 is 30.4. The molecule has 0 bridgehead atoms. The second-order valence-electron chi connectivity index (χ2n) is 6.06. The summed E-state index contributed by atoms with van der Waals surface area (Å²) in [7, 11) is -2.05. The zero-order valence-corrected chi connectivity index (χ0v) is 15.9. The number of para-hydroxylation sites is 1. The van der Waals surface area contributed by atoms with Crippen LogP contribution in [0.2, 0.25) is 0 Å². The summed E-state index contributed by atoms with van der Waals surface area (Å²) in [6, 6.07) is 11.5. The smallest absolute Gasteiger partial charge is 0.339 e. The Kier molecular flexibility index (Phi) is 5.18. The van der Waals surface area contributed by atoms with Crippen molar-refractivity contribution in [3.8, 4) is 0 Å². The highest BCUT2D eigenvalue weighted by molar-refractivity contribution is 7.92. The molecule has 7 nitrogen and oxygen atoms in total. The molecule has 0 unspecified atom stereocenters. The zero-order valence-electron chi connectivity index (χ0n) is 15.1. The molecule has 2 aromatic carbocycles. The Bertz CT molecular complexity index is 1000. The number of hydrogen-bond donors (Lipinski definition) is 1. The number of sulfonamides is 1. The van der Waals surface area contributed by atoms with Gasteiger partial charge >= 0.3 is 5.97 Å². The Balaban J connectivity index is 1.85. The summed E-state index contributed by atoms with van der Waals surface area (Å²) in [6.45, 7) is 1.98. The van der Waals surface area contributed by atoms with Crippen LogP contribution in [0.1, 0.15) is 33.2 Å². The number of nitrogens with one attached hydrogen (secondary N) is 1. The first-order valence-electron chi connectivity index (χ1n) is 8.49. The Hall–Kier alpha value is -2.87. The van der Waals surface area contributed by atoms with E-state index in [0.717, 1.165) is 5.56 Å². The zero-order chi connectivity index (χ0) is 19.6. The minimum Gasteiger partial charge on any atom is -0.465 e. The third-order valence-corrected chi connectivity index (χ3v) is 6.26. The van der Waals surface area contributed by atoms with Gasteiger partial charge in [0, 0.05) is 12.1 Å². The van der Waals surface area contributed by atoms with Gasteiger partial charge in [-0.25, -0.2) is 13.2 Å². The molecular weight excluding hydrogens is 368 g/mol.